The lowest BCUT2D eigenvalue weighted by Crippen LogP contribution is -2.30. The van der Waals surface area contributed by atoms with E-state index in [1.54, 1.807) is 0 Å². The highest BCUT2D eigenvalue weighted by Crippen LogP contribution is 2.52. The molecule has 6 N–H and O–H groups in total. The summed E-state index contributed by atoms with van der Waals surface area (Å²) in [6.07, 6.45) is -1.36. The minimum Gasteiger partial charge on any atom is -0.508 e. The second-order valence-corrected chi connectivity index (χ2v) is 10.9. The van der Waals surface area contributed by atoms with Crippen LogP contribution in [-0.2, 0) is 10.4 Å². The summed E-state index contributed by atoms with van der Waals surface area (Å²) in [5, 5.41) is 51.7. The number of hydrogen-bond acceptors (Lipinski definition) is 12. The van der Waals surface area contributed by atoms with Crippen LogP contribution in [0.4, 0.5) is 0 Å². The molecule has 1 aliphatic heterocycles. The van der Waals surface area contributed by atoms with E-state index in [1.807, 2.05) is 0 Å². The molecule has 1 aromatic heterocycles. The highest BCUT2D eigenvalue weighted by atomic mass is 32.3. The molecule has 0 spiro atoms. The van der Waals surface area contributed by atoms with Crippen molar-refractivity contribution in [2.24, 2.45) is 0 Å². The summed E-state index contributed by atoms with van der Waals surface area (Å²) in [6.45, 7) is 0. The molecule has 5 aromatic rings. The summed E-state index contributed by atoms with van der Waals surface area (Å²) in [7, 11) is -5.02. The first kappa shape index (κ1) is 28.4. The number of ether oxygens (including phenoxy) is 1. The maximum atomic E-state index is 14.2. The molecule has 0 aliphatic carbocycles. The minimum atomic E-state index is -5.02. The molecule has 1 aliphatic rings. The van der Waals surface area contributed by atoms with Gasteiger partial charge in [0.1, 0.15) is 62.9 Å². The zero-order valence-electron chi connectivity index (χ0n) is 22.0. The highest BCUT2D eigenvalue weighted by molar-refractivity contribution is 7.81. The Hall–Kier alpha value is -5.73. The normalized spacial score (nSPS) is 16.3. The van der Waals surface area contributed by atoms with Gasteiger partial charge in [0.25, 0.3) is 0 Å². The second kappa shape index (κ2) is 10.2. The topological polar surface area (TPSA) is 221 Å². The van der Waals surface area contributed by atoms with Crippen molar-refractivity contribution in [3.8, 4) is 51.6 Å². The molecule has 2 atom stereocenters. The molecule has 224 valence electrons. The van der Waals surface area contributed by atoms with Gasteiger partial charge in [0.2, 0.25) is 0 Å². The molecular weight excluding hydrogens is 600 g/mol. The summed E-state index contributed by atoms with van der Waals surface area (Å²) in [5.74, 6) is -5.70. The van der Waals surface area contributed by atoms with Crippen LogP contribution < -0.4 is 14.3 Å². The van der Waals surface area contributed by atoms with Crippen molar-refractivity contribution in [1.82, 2.24) is 0 Å². The van der Waals surface area contributed by atoms with E-state index >= 15 is 0 Å². The number of carbonyl (C=O) groups excluding carboxylic acids is 1. The number of phenols is 5. The summed E-state index contributed by atoms with van der Waals surface area (Å²) >= 11 is 0. The van der Waals surface area contributed by atoms with Gasteiger partial charge in [-0.2, -0.15) is 8.42 Å². The van der Waals surface area contributed by atoms with E-state index in [2.05, 4.69) is 4.18 Å². The van der Waals surface area contributed by atoms with Crippen molar-refractivity contribution < 1.29 is 56.6 Å². The molecule has 0 bridgehead atoms. The van der Waals surface area contributed by atoms with Gasteiger partial charge in [0.05, 0.1) is 11.5 Å². The fraction of sp³-hybridized carbons (Fsp3) is 0.0667. The van der Waals surface area contributed by atoms with Crippen LogP contribution >= 0.6 is 0 Å². The zero-order chi connectivity index (χ0) is 31.5. The first-order chi connectivity index (χ1) is 20.8. The monoisotopic (exact) mass is 620 g/mol. The van der Waals surface area contributed by atoms with Gasteiger partial charge in [-0.25, -0.2) is 0 Å². The largest absolute Gasteiger partial charge is 0.508 e. The number of phenolic OH excluding ortho intramolecular Hbond substituents is 5. The Balaban J connectivity index is 1.63. The number of rotatable bonds is 5. The van der Waals surface area contributed by atoms with E-state index in [-0.39, 0.29) is 45.1 Å². The molecule has 4 aromatic carbocycles. The van der Waals surface area contributed by atoms with Crippen molar-refractivity contribution in [1.29, 1.82) is 0 Å². The standard InChI is InChI=1S/C30H20O13S/c31-15-5-1-13(2-6-15)22-12-21(36)24-19(34)11-20(35)26(30(24)41-22)27-28(37)25-18(33)9-17(43-44(38,39)40)10-23(25)42-29(27)14-3-7-16(32)8-4-14/h1-12,27,29,31-35H,(H,38,39,40)/t27-,29+/m0/s1. The molecule has 0 amide bonds. The summed E-state index contributed by atoms with van der Waals surface area (Å²) in [5.41, 5.74) is -1.25. The Morgan fingerprint density at radius 2 is 1.39 bits per heavy atom. The molecule has 0 saturated carbocycles. The quantitative estimate of drug-likeness (QED) is 0.151. The molecular formula is C30H20O13S. The molecule has 2 heterocycles. The fourth-order valence-electron chi connectivity index (χ4n) is 5.18. The van der Waals surface area contributed by atoms with Crippen molar-refractivity contribution in [3.05, 3.63) is 99.7 Å². The van der Waals surface area contributed by atoms with Gasteiger partial charge in [0.15, 0.2) is 17.0 Å². The fourth-order valence-corrected chi connectivity index (χ4v) is 5.52. The first-order valence-corrected chi connectivity index (χ1v) is 14.0. The Bertz CT molecular complexity index is 2130. The van der Waals surface area contributed by atoms with Crippen molar-refractivity contribution >= 4 is 27.2 Å². The molecule has 14 heteroatoms. The zero-order valence-corrected chi connectivity index (χ0v) is 22.8. The predicted octanol–water partition coefficient (Wildman–Crippen LogP) is 4.27. The maximum absolute atomic E-state index is 14.2. The third-order valence-corrected chi connectivity index (χ3v) is 7.43. The van der Waals surface area contributed by atoms with Crippen molar-refractivity contribution in [2.75, 3.05) is 0 Å². The lowest BCUT2D eigenvalue weighted by Gasteiger charge is -2.34. The average molecular weight is 621 g/mol. The van der Waals surface area contributed by atoms with Gasteiger partial charge in [-0.15, -0.1) is 0 Å². The van der Waals surface area contributed by atoms with E-state index in [4.69, 9.17) is 13.7 Å². The maximum Gasteiger partial charge on any atom is 0.446 e. The summed E-state index contributed by atoms with van der Waals surface area (Å²) in [6, 6.07) is 14.6. The number of ketones is 1. The third kappa shape index (κ3) is 4.97. The minimum absolute atomic E-state index is 0.0330. The van der Waals surface area contributed by atoms with Gasteiger partial charge >= 0.3 is 10.4 Å². The van der Waals surface area contributed by atoms with Gasteiger partial charge in [-0.1, -0.05) is 12.1 Å². The van der Waals surface area contributed by atoms with Crippen LogP contribution in [0, 0.1) is 0 Å². The first-order valence-electron chi connectivity index (χ1n) is 12.7. The van der Waals surface area contributed by atoms with Gasteiger partial charge in [-0.05, 0) is 42.0 Å². The Morgan fingerprint density at radius 3 is 2.02 bits per heavy atom. The summed E-state index contributed by atoms with van der Waals surface area (Å²) < 4.78 is 48.2. The van der Waals surface area contributed by atoms with E-state index < -0.39 is 62.2 Å². The number of aromatic hydroxyl groups is 5. The SMILES string of the molecule is O=C1c2c(O)cc(OS(=O)(=O)O)cc2O[C@H](c2ccc(O)cc2)[C@H]1c1c(O)cc(O)c2c(=O)cc(-c3ccc(O)cc3)oc12. The Labute approximate surface area is 247 Å². The van der Waals surface area contributed by atoms with Crippen LogP contribution in [0.15, 0.2) is 82.0 Å². The van der Waals surface area contributed by atoms with Crippen LogP contribution in [0.25, 0.3) is 22.3 Å². The van der Waals surface area contributed by atoms with Crippen LogP contribution in [0.2, 0.25) is 0 Å². The van der Waals surface area contributed by atoms with Crippen molar-refractivity contribution in [2.45, 2.75) is 12.0 Å². The van der Waals surface area contributed by atoms with Gasteiger partial charge in [-0.3, -0.25) is 14.1 Å². The van der Waals surface area contributed by atoms with Crippen LogP contribution in [0.5, 0.6) is 40.2 Å². The molecule has 44 heavy (non-hydrogen) atoms. The number of hydrogen-bond donors (Lipinski definition) is 6. The summed E-state index contributed by atoms with van der Waals surface area (Å²) in [4.78, 5) is 27.5. The van der Waals surface area contributed by atoms with Gasteiger partial charge in [0, 0.05) is 29.8 Å². The van der Waals surface area contributed by atoms with E-state index in [1.165, 1.54) is 48.5 Å². The predicted molar refractivity (Wildman–Crippen MR) is 152 cm³/mol. The smallest absolute Gasteiger partial charge is 0.446 e. The third-order valence-electron chi connectivity index (χ3n) is 7.02. The van der Waals surface area contributed by atoms with E-state index in [9.17, 15) is 43.5 Å². The van der Waals surface area contributed by atoms with Gasteiger partial charge < -0.3 is 38.9 Å². The lowest BCUT2D eigenvalue weighted by atomic mass is 9.79. The average Bonchev–Trinajstić information content (AvgIpc) is 2.93. The van der Waals surface area contributed by atoms with Crippen molar-refractivity contribution in [3.63, 3.8) is 0 Å². The Morgan fingerprint density at radius 1 is 0.750 bits per heavy atom. The molecule has 0 radical (unpaired) electrons. The van der Waals surface area contributed by atoms with Crippen LogP contribution in [0.1, 0.15) is 33.5 Å². The molecule has 13 nitrogen and oxygen atoms in total. The number of carbonyl (C=O) groups is 1. The number of benzene rings is 4. The second-order valence-electron chi connectivity index (χ2n) is 9.85. The molecule has 6 rings (SSSR count). The number of Topliss-reactive ketones (excluding diaryl/α,β-unsaturated/α-hetero) is 1. The lowest BCUT2D eigenvalue weighted by molar-refractivity contribution is 0.0773. The van der Waals surface area contributed by atoms with E-state index in [0.29, 0.717) is 5.56 Å². The van der Waals surface area contributed by atoms with Crippen LogP contribution in [-0.4, -0.2) is 44.3 Å². The van der Waals surface area contributed by atoms with E-state index in [0.717, 1.165) is 24.3 Å². The number of fused-ring (bicyclic) bond motifs is 2. The molecule has 0 saturated heterocycles. The van der Waals surface area contributed by atoms with Crippen LogP contribution in [0.3, 0.4) is 0 Å². The Kier molecular flexibility index (Phi) is 6.59. The molecule has 0 fully saturated rings. The highest BCUT2D eigenvalue weighted by Gasteiger charge is 2.44. The molecule has 0 unspecified atom stereocenters.